The highest BCUT2D eigenvalue weighted by Gasteiger charge is 2.36. The predicted octanol–water partition coefficient (Wildman–Crippen LogP) is 4.88. The van der Waals surface area contributed by atoms with Crippen LogP contribution in [0, 0.1) is 0 Å². The fraction of sp³-hybridized carbons (Fsp3) is 0.536. The van der Waals surface area contributed by atoms with E-state index in [1.807, 2.05) is 29.2 Å². The van der Waals surface area contributed by atoms with Gasteiger partial charge in [-0.2, -0.15) is 0 Å². The summed E-state index contributed by atoms with van der Waals surface area (Å²) in [6, 6.07) is 11.0. The van der Waals surface area contributed by atoms with Gasteiger partial charge in [-0.05, 0) is 95.5 Å². The van der Waals surface area contributed by atoms with Crippen LogP contribution in [0.2, 0.25) is 0 Å². The highest BCUT2D eigenvalue weighted by molar-refractivity contribution is 6.16. The Morgan fingerprint density at radius 2 is 1.85 bits per heavy atom. The molecular weight excluding hydrogens is 539 g/mol. The predicted molar refractivity (Wildman–Crippen MR) is 163 cm³/mol. The second kappa shape index (κ2) is 17.3. The number of aromatic nitrogens is 1. The van der Waals surface area contributed by atoms with Gasteiger partial charge in [-0.25, -0.2) is 14.7 Å². The molecule has 1 atom stereocenters. The molecule has 1 unspecified atom stereocenters. The van der Waals surface area contributed by atoms with E-state index < -0.39 is 0 Å². The zero-order valence-corrected chi connectivity index (χ0v) is 24.7. The number of unbranched alkanes of at least 4 members (excludes halogenated alkanes) is 1. The maximum absolute atomic E-state index is 14.1. The van der Waals surface area contributed by atoms with Crippen molar-refractivity contribution in [2.75, 3.05) is 49.5 Å². The molecule has 2 aliphatic rings. The number of halogens is 2. The van der Waals surface area contributed by atoms with Crippen molar-refractivity contribution >= 4 is 53.9 Å². The normalized spacial score (nSPS) is 16.1. The van der Waals surface area contributed by atoms with Gasteiger partial charge in [0, 0.05) is 18.8 Å². The summed E-state index contributed by atoms with van der Waals surface area (Å²) >= 11 is 0. The van der Waals surface area contributed by atoms with Gasteiger partial charge in [-0.15, -0.1) is 24.8 Å². The highest BCUT2D eigenvalue weighted by Crippen LogP contribution is 2.38. The van der Waals surface area contributed by atoms with E-state index in [9.17, 15) is 9.59 Å². The zero-order valence-electron chi connectivity index (χ0n) is 23.0. The molecule has 4 rings (SSSR count). The molecule has 2 aromatic rings. The quantitative estimate of drug-likeness (QED) is 0.387. The molecule has 0 bridgehead atoms. The molecule has 0 aliphatic carbocycles. The van der Waals surface area contributed by atoms with Gasteiger partial charge in [-0.1, -0.05) is 26.0 Å². The second-order valence-electron chi connectivity index (χ2n) is 9.58. The SMILES string of the molecule is CCN(CC)CCCCNCCC1CCCCN1C(=O)N1c2ccccc2NC(=O)c2cccnc21.Cl.Cl.O. The monoisotopic (exact) mass is 582 g/mol. The first kappa shape index (κ1) is 34.6. The number of benzene rings is 1. The average Bonchev–Trinajstić information content (AvgIpc) is 3.04. The summed E-state index contributed by atoms with van der Waals surface area (Å²) in [7, 11) is 0. The van der Waals surface area contributed by atoms with Crippen molar-refractivity contribution in [2.24, 2.45) is 0 Å². The molecule has 9 nitrogen and oxygen atoms in total. The van der Waals surface area contributed by atoms with E-state index in [1.54, 1.807) is 23.2 Å². The van der Waals surface area contributed by atoms with Crippen LogP contribution in [-0.4, -0.2) is 77.5 Å². The molecule has 3 amide bonds. The third kappa shape index (κ3) is 8.53. The zero-order chi connectivity index (χ0) is 25.3. The maximum Gasteiger partial charge on any atom is 0.330 e. The lowest BCUT2D eigenvalue weighted by Crippen LogP contribution is -2.50. The summed E-state index contributed by atoms with van der Waals surface area (Å²) in [6.45, 7) is 10.4. The number of pyridine rings is 1. The molecule has 0 saturated carbocycles. The van der Waals surface area contributed by atoms with Gasteiger partial charge in [0.1, 0.15) is 0 Å². The molecule has 218 valence electrons. The van der Waals surface area contributed by atoms with E-state index in [1.165, 1.54) is 6.42 Å². The molecule has 0 spiro atoms. The van der Waals surface area contributed by atoms with Gasteiger partial charge in [0.15, 0.2) is 5.82 Å². The van der Waals surface area contributed by atoms with Crippen molar-refractivity contribution in [3.8, 4) is 0 Å². The van der Waals surface area contributed by atoms with Crippen molar-refractivity contribution in [1.29, 1.82) is 0 Å². The van der Waals surface area contributed by atoms with Crippen LogP contribution in [0.5, 0.6) is 0 Å². The number of hydrogen-bond donors (Lipinski definition) is 2. The standard InChI is InChI=1S/C28H40N6O2.2ClH.H2O/c1-3-32(4-2)20-10-8-17-29-19-16-22-12-7-9-21-33(22)28(36)34-25-15-6-5-14-24(25)31-27(35)23-13-11-18-30-26(23)34;;;/h5-6,11,13-15,18,22,29H,3-4,7-10,12,16-17,19-21H2,1-2H3,(H,31,35);2*1H;1H2. The smallest absolute Gasteiger partial charge is 0.330 e. The van der Waals surface area contributed by atoms with E-state index in [-0.39, 0.29) is 48.3 Å². The molecule has 1 aromatic heterocycles. The Balaban J connectivity index is 0.00000253. The third-order valence-corrected chi connectivity index (χ3v) is 7.33. The van der Waals surface area contributed by atoms with E-state index in [0.717, 1.165) is 71.4 Å². The van der Waals surface area contributed by atoms with Crippen LogP contribution in [0.25, 0.3) is 0 Å². The fourth-order valence-electron chi connectivity index (χ4n) is 5.22. The van der Waals surface area contributed by atoms with Crippen LogP contribution in [-0.2, 0) is 0 Å². The molecule has 11 heteroatoms. The number of hydrogen-bond acceptors (Lipinski definition) is 5. The van der Waals surface area contributed by atoms with E-state index in [2.05, 4.69) is 34.4 Å². The molecule has 39 heavy (non-hydrogen) atoms. The second-order valence-corrected chi connectivity index (χ2v) is 9.58. The number of likely N-dealkylation sites (tertiary alicyclic amines) is 1. The fourth-order valence-corrected chi connectivity index (χ4v) is 5.22. The van der Waals surface area contributed by atoms with Gasteiger partial charge >= 0.3 is 6.03 Å². The molecular formula is C28H44Cl2N6O3. The summed E-state index contributed by atoms with van der Waals surface area (Å²) in [5.41, 5.74) is 1.68. The van der Waals surface area contributed by atoms with Crippen LogP contribution in [0.4, 0.5) is 22.0 Å². The molecule has 4 N–H and O–H groups in total. The maximum atomic E-state index is 14.1. The number of carbonyl (C=O) groups is 2. The Hall–Kier alpha value is -2.43. The number of nitrogens with zero attached hydrogens (tertiary/aromatic N) is 4. The molecule has 0 radical (unpaired) electrons. The van der Waals surface area contributed by atoms with Crippen molar-refractivity contribution in [3.63, 3.8) is 0 Å². The first-order valence-electron chi connectivity index (χ1n) is 13.5. The first-order chi connectivity index (χ1) is 17.6. The van der Waals surface area contributed by atoms with Crippen LogP contribution in [0.1, 0.15) is 62.7 Å². The largest absolute Gasteiger partial charge is 0.412 e. The summed E-state index contributed by atoms with van der Waals surface area (Å²) in [5, 5.41) is 6.54. The molecule has 3 heterocycles. The van der Waals surface area contributed by atoms with E-state index >= 15 is 0 Å². The first-order valence-corrected chi connectivity index (χ1v) is 13.5. The van der Waals surface area contributed by atoms with Gasteiger partial charge in [-0.3, -0.25) is 4.79 Å². The van der Waals surface area contributed by atoms with Crippen molar-refractivity contribution in [3.05, 3.63) is 48.2 Å². The lowest BCUT2D eigenvalue weighted by atomic mass is 9.99. The summed E-state index contributed by atoms with van der Waals surface area (Å²) in [5.74, 6) is 0.141. The van der Waals surface area contributed by atoms with Crippen LogP contribution >= 0.6 is 24.8 Å². The van der Waals surface area contributed by atoms with E-state index in [0.29, 0.717) is 22.8 Å². The Kier molecular flexibility index (Phi) is 15.3. The lowest BCUT2D eigenvalue weighted by molar-refractivity contribution is 0.102. The molecule has 1 aromatic carbocycles. The highest BCUT2D eigenvalue weighted by atomic mass is 35.5. The number of urea groups is 1. The number of piperidine rings is 1. The topological polar surface area (TPSA) is 112 Å². The van der Waals surface area contributed by atoms with Crippen molar-refractivity contribution in [2.45, 2.75) is 58.4 Å². The third-order valence-electron chi connectivity index (χ3n) is 7.33. The van der Waals surface area contributed by atoms with Gasteiger partial charge in [0.2, 0.25) is 0 Å². The van der Waals surface area contributed by atoms with E-state index in [4.69, 9.17) is 0 Å². The van der Waals surface area contributed by atoms with Crippen molar-refractivity contribution < 1.29 is 15.1 Å². The number of anilines is 3. The number of carbonyl (C=O) groups excluding carboxylic acids is 2. The number of nitrogens with one attached hydrogen (secondary N) is 2. The minimum Gasteiger partial charge on any atom is -0.412 e. The van der Waals surface area contributed by atoms with Crippen LogP contribution in [0.3, 0.4) is 0 Å². The summed E-state index contributed by atoms with van der Waals surface area (Å²) < 4.78 is 0. The molecule has 2 aliphatic heterocycles. The number of rotatable bonds is 10. The van der Waals surface area contributed by atoms with Gasteiger partial charge < -0.3 is 25.9 Å². The Bertz CT molecular complexity index is 1040. The minimum atomic E-state index is -0.249. The van der Waals surface area contributed by atoms with Crippen molar-refractivity contribution in [1.82, 2.24) is 20.1 Å². The Labute approximate surface area is 244 Å². The number of para-hydroxylation sites is 2. The average molecular weight is 584 g/mol. The lowest BCUT2D eigenvalue weighted by Gasteiger charge is -2.39. The Morgan fingerprint density at radius 1 is 1.08 bits per heavy atom. The minimum absolute atomic E-state index is 0. The molecule has 1 fully saturated rings. The van der Waals surface area contributed by atoms with Gasteiger partial charge in [0.05, 0.1) is 16.9 Å². The summed E-state index contributed by atoms with van der Waals surface area (Å²) in [4.78, 5) is 37.5. The molecule has 1 saturated heterocycles. The van der Waals surface area contributed by atoms with Crippen LogP contribution in [0.15, 0.2) is 42.6 Å². The number of fused-ring (bicyclic) bond motifs is 2. The Morgan fingerprint density at radius 3 is 2.62 bits per heavy atom. The number of amides is 3. The van der Waals surface area contributed by atoms with Gasteiger partial charge in [0.25, 0.3) is 5.91 Å². The van der Waals surface area contributed by atoms with Crippen LogP contribution < -0.4 is 15.5 Å². The summed E-state index contributed by atoms with van der Waals surface area (Å²) in [6.07, 6.45) is 8.04.